The summed E-state index contributed by atoms with van der Waals surface area (Å²) in [7, 11) is -8.58. The van der Waals surface area contributed by atoms with E-state index in [2.05, 4.69) is 23.5 Å². The van der Waals surface area contributed by atoms with E-state index in [1.165, 1.54) is 29.8 Å². The topological polar surface area (TPSA) is 133 Å². The highest BCUT2D eigenvalue weighted by Gasteiger charge is 2.36. The summed E-state index contributed by atoms with van der Waals surface area (Å²) in [6.07, 6.45) is 13.1. The lowest BCUT2D eigenvalue weighted by atomic mass is 9.81. The number of nitrogens with zero attached hydrogens (tertiary/aromatic N) is 1. The maximum Gasteiger partial charge on any atom is 0.294 e. The van der Waals surface area contributed by atoms with Gasteiger partial charge in [-0.1, -0.05) is 45.9 Å². The SMILES string of the molecule is CC1(C)C(C=CC2=CC(=CC=C3Nc4ccc(S(=O)(=O)O)cc4C3(C)C)CCC2)=Nc2ccc(S(=O)(=O)O)cc21. The molecule has 0 bridgehead atoms. The zero-order valence-electron chi connectivity index (χ0n) is 22.8. The lowest BCUT2D eigenvalue weighted by molar-refractivity contribution is 0.480. The molecular weight excluding hydrogens is 548 g/mol. The fraction of sp³-hybridized carbons (Fsp3) is 0.300. The lowest BCUT2D eigenvalue weighted by Gasteiger charge is -2.21. The molecule has 8 nitrogen and oxygen atoms in total. The second-order valence-corrected chi connectivity index (χ2v) is 14.3. The van der Waals surface area contributed by atoms with Crippen LogP contribution in [-0.2, 0) is 31.1 Å². The summed E-state index contributed by atoms with van der Waals surface area (Å²) in [5.74, 6) is 0. The minimum atomic E-state index is -4.30. The molecule has 0 fully saturated rings. The van der Waals surface area contributed by atoms with Gasteiger partial charge in [0.2, 0.25) is 0 Å². The van der Waals surface area contributed by atoms with E-state index >= 15 is 0 Å². The molecular formula is C30H32N2O6S2. The van der Waals surface area contributed by atoms with Crippen molar-refractivity contribution in [2.24, 2.45) is 4.99 Å². The minimum absolute atomic E-state index is 0.121. The predicted octanol–water partition coefficient (Wildman–Crippen LogP) is 6.42. The Morgan fingerprint density at radius 1 is 0.825 bits per heavy atom. The van der Waals surface area contributed by atoms with Gasteiger partial charge in [0.1, 0.15) is 0 Å². The summed E-state index contributed by atoms with van der Waals surface area (Å²) < 4.78 is 65.4. The molecule has 40 heavy (non-hydrogen) atoms. The summed E-state index contributed by atoms with van der Waals surface area (Å²) in [4.78, 5) is 4.46. The van der Waals surface area contributed by atoms with Crippen LogP contribution in [0.3, 0.4) is 0 Å². The average molecular weight is 581 g/mol. The van der Waals surface area contributed by atoms with Gasteiger partial charge in [0.25, 0.3) is 20.2 Å². The second-order valence-electron chi connectivity index (χ2n) is 11.4. The molecule has 10 heteroatoms. The third-order valence-electron chi connectivity index (χ3n) is 7.95. The Labute approximate surface area is 235 Å². The predicted molar refractivity (Wildman–Crippen MR) is 157 cm³/mol. The van der Waals surface area contributed by atoms with Crippen LogP contribution in [0.25, 0.3) is 0 Å². The number of hydrogen-bond donors (Lipinski definition) is 3. The van der Waals surface area contributed by atoms with Crippen molar-refractivity contribution in [1.29, 1.82) is 0 Å². The zero-order chi connectivity index (χ0) is 29.1. The Hall–Kier alpha value is -3.31. The fourth-order valence-electron chi connectivity index (χ4n) is 5.45. The molecule has 0 saturated carbocycles. The molecule has 3 aliphatic rings. The quantitative estimate of drug-likeness (QED) is 0.347. The van der Waals surface area contributed by atoms with Crippen LogP contribution in [0.15, 0.2) is 98.4 Å². The Bertz CT molecular complexity index is 1790. The molecule has 3 N–H and O–H groups in total. The van der Waals surface area contributed by atoms with Gasteiger partial charge in [-0.05, 0) is 90.1 Å². The summed E-state index contributed by atoms with van der Waals surface area (Å²) in [5.41, 5.74) is 6.15. The van der Waals surface area contributed by atoms with Crippen LogP contribution < -0.4 is 5.32 Å². The van der Waals surface area contributed by atoms with E-state index in [1.54, 1.807) is 12.1 Å². The lowest BCUT2D eigenvalue weighted by Crippen LogP contribution is -2.24. The molecule has 210 valence electrons. The van der Waals surface area contributed by atoms with Gasteiger partial charge in [-0.2, -0.15) is 16.8 Å². The van der Waals surface area contributed by atoms with Crippen LogP contribution in [0.1, 0.15) is 58.1 Å². The van der Waals surface area contributed by atoms with E-state index in [0.29, 0.717) is 5.69 Å². The van der Waals surface area contributed by atoms with Gasteiger partial charge in [-0.3, -0.25) is 14.1 Å². The largest absolute Gasteiger partial charge is 0.358 e. The van der Waals surface area contributed by atoms with E-state index < -0.39 is 31.1 Å². The second kappa shape index (κ2) is 9.66. The first-order valence-corrected chi connectivity index (χ1v) is 15.8. The zero-order valence-corrected chi connectivity index (χ0v) is 24.4. The van der Waals surface area contributed by atoms with Gasteiger partial charge >= 0.3 is 0 Å². The van der Waals surface area contributed by atoms with Gasteiger partial charge in [0.15, 0.2) is 0 Å². The number of fused-ring (bicyclic) bond motifs is 2. The van der Waals surface area contributed by atoms with Crippen LogP contribution in [0.5, 0.6) is 0 Å². The number of nitrogens with one attached hydrogen (secondary N) is 1. The van der Waals surface area contributed by atoms with Crippen molar-refractivity contribution in [3.05, 3.63) is 94.7 Å². The highest BCUT2D eigenvalue weighted by atomic mass is 32.2. The monoisotopic (exact) mass is 580 g/mol. The van der Waals surface area contributed by atoms with Crippen LogP contribution in [0, 0.1) is 0 Å². The van der Waals surface area contributed by atoms with Gasteiger partial charge < -0.3 is 5.32 Å². The number of benzene rings is 2. The molecule has 2 aromatic carbocycles. The Morgan fingerprint density at radius 2 is 1.48 bits per heavy atom. The van der Waals surface area contributed by atoms with E-state index in [1.807, 2.05) is 39.8 Å². The van der Waals surface area contributed by atoms with Crippen molar-refractivity contribution in [3.8, 4) is 0 Å². The molecule has 0 radical (unpaired) electrons. The molecule has 0 unspecified atom stereocenters. The highest BCUT2D eigenvalue weighted by Crippen LogP contribution is 2.44. The maximum atomic E-state index is 11.6. The first kappa shape index (κ1) is 28.2. The highest BCUT2D eigenvalue weighted by molar-refractivity contribution is 7.86. The first-order chi connectivity index (χ1) is 18.6. The molecule has 0 aromatic heterocycles. The smallest absolute Gasteiger partial charge is 0.294 e. The molecule has 2 aromatic rings. The first-order valence-electron chi connectivity index (χ1n) is 13.0. The van der Waals surface area contributed by atoms with Gasteiger partial charge in [-0.15, -0.1) is 0 Å². The van der Waals surface area contributed by atoms with Gasteiger partial charge in [0.05, 0.1) is 21.2 Å². The van der Waals surface area contributed by atoms with E-state index in [9.17, 15) is 25.9 Å². The van der Waals surface area contributed by atoms with Crippen LogP contribution >= 0.6 is 0 Å². The minimum Gasteiger partial charge on any atom is -0.358 e. The van der Waals surface area contributed by atoms with Crippen molar-refractivity contribution < 1.29 is 25.9 Å². The maximum absolute atomic E-state index is 11.6. The van der Waals surface area contributed by atoms with Crippen LogP contribution in [0.2, 0.25) is 0 Å². The van der Waals surface area contributed by atoms with E-state index in [0.717, 1.165) is 53.1 Å². The average Bonchev–Trinajstić information content (AvgIpc) is 3.28. The number of anilines is 1. The van der Waals surface area contributed by atoms with Crippen LogP contribution in [-0.4, -0.2) is 31.7 Å². The van der Waals surface area contributed by atoms with Crippen molar-refractivity contribution >= 4 is 37.3 Å². The molecule has 0 saturated heterocycles. The summed E-state index contributed by atoms with van der Waals surface area (Å²) in [6.45, 7) is 7.98. The normalized spacial score (nSPS) is 21.8. The van der Waals surface area contributed by atoms with E-state index in [-0.39, 0.29) is 9.79 Å². The summed E-state index contributed by atoms with van der Waals surface area (Å²) >= 11 is 0. The molecule has 1 aliphatic carbocycles. The number of rotatable bonds is 5. The Morgan fingerprint density at radius 3 is 2.15 bits per heavy atom. The summed E-state index contributed by atoms with van der Waals surface area (Å²) in [6, 6.07) is 9.06. The molecule has 2 aliphatic heterocycles. The Balaban J connectivity index is 1.37. The van der Waals surface area contributed by atoms with Gasteiger partial charge in [-0.25, -0.2) is 0 Å². The fourth-order valence-corrected chi connectivity index (χ4v) is 6.47. The third kappa shape index (κ3) is 5.24. The van der Waals surface area contributed by atoms with Crippen molar-refractivity contribution in [1.82, 2.24) is 0 Å². The van der Waals surface area contributed by atoms with Gasteiger partial charge in [0, 0.05) is 22.2 Å². The summed E-state index contributed by atoms with van der Waals surface area (Å²) in [5, 5.41) is 3.38. The van der Waals surface area contributed by atoms with Crippen molar-refractivity contribution in [2.75, 3.05) is 5.32 Å². The van der Waals surface area contributed by atoms with E-state index in [4.69, 9.17) is 4.99 Å². The number of allylic oxidation sites excluding steroid dienone is 8. The number of aliphatic imine (C=N–C) groups is 1. The molecule has 0 spiro atoms. The molecule has 0 atom stereocenters. The number of hydrogen-bond acceptors (Lipinski definition) is 6. The Kier molecular flexibility index (Phi) is 6.81. The molecule has 0 amide bonds. The molecule has 2 heterocycles. The van der Waals surface area contributed by atoms with Crippen LogP contribution in [0.4, 0.5) is 11.4 Å². The third-order valence-corrected chi connectivity index (χ3v) is 9.65. The van der Waals surface area contributed by atoms with Crippen molar-refractivity contribution in [3.63, 3.8) is 0 Å². The standard InChI is InChI=1S/C30H32N2O6S2/c1-29(2)23-17-21(39(33,34)35)10-12-25(23)31-27(29)14-8-19-6-5-7-20(16-19)9-15-28-30(3,4)24-18-22(40(36,37)38)11-13-26(24)32-28/h8-18,31H,5-7H2,1-4H3,(H,33,34,35)(H,36,37,38). The van der Waals surface area contributed by atoms with Crippen molar-refractivity contribution in [2.45, 2.75) is 67.6 Å². The molecule has 5 rings (SSSR count).